The highest BCUT2D eigenvalue weighted by atomic mass is 16.3. The number of hydrogen-bond acceptors (Lipinski definition) is 2. The molecule has 0 fully saturated rings. The van der Waals surface area contributed by atoms with Crippen LogP contribution < -0.4 is 0 Å². The van der Waals surface area contributed by atoms with E-state index in [9.17, 15) is 5.11 Å². The van der Waals surface area contributed by atoms with Gasteiger partial charge in [-0.3, -0.25) is 0 Å². The monoisotopic (exact) mass is 145 g/mol. The molecule has 0 aromatic heterocycles. The molecule has 0 aliphatic heterocycles. The van der Waals surface area contributed by atoms with Crippen LogP contribution in [0.15, 0.2) is 0 Å². The maximum Gasteiger partial charge on any atom is 0.0715 e. The Labute approximate surface area is 63.8 Å². The molecule has 2 heteroatoms. The van der Waals surface area contributed by atoms with Crippen LogP contribution in [0.25, 0.3) is 0 Å². The van der Waals surface area contributed by atoms with E-state index in [4.69, 9.17) is 0 Å². The average Bonchev–Trinajstić information content (AvgIpc) is 1.60. The molecule has 0 saturated heterocycles. The first kappa shape index (κ1) is 9.92. The van der Waals surface area contributed by atoms with E-state index in [2.05, 4.69) is 0 Å². The van der Waals surface area contributed by atoms with Gasteiger partial charge in [-0.2, -0.15) is 0 Å². The van der Waals surface area contributed by atoms with Gasteiger partial charge in [-0.15, -0.1) is 0 Å². The molecule has 0 spiro atoms. The van der Waals surface area contributed by atoms with Crippen LogP contribution in [0.2, 0.25) is 0 Å². The smallest absolute Gasteiger partial charge is 0.0715 e. The van der Waals surface area contributed by atoms with E-state index in [1.54, 1.807) is 0 Å². The maximum atomic E-state index is 9.51. The molecule has 1 atom stereocenters. The average molecular weight is 145 g/mol. The molecular formula is C8H19NO. The topological polar surface area (TPSA) is 23.5 Å². The van der Waals surface area contributed by atoms with Crippen LogP contribution in [-0.4, -0.2) is 36.8 Å². The Balaban J connectivity index is 3.73. The maximum absolute atomic E-state index is 9.51. The molecule has 0 heterocycles. The van der Waals surface area contributed by atoms with Crippen molar-refractivity contribution < 1.29 is 5.11 Å². The Hall–Kier alpha value is -0.0800. The highest BCUT2D eigenvalue weighted by Gasteiger charge is 2.21. The van der Waals surface area contributed by atoms with Gasteiger partial charge in [0.15, 0.2) is 0 Å². The van der Waals surface area contributed by atoms with E-state index < -0.39 is 0 Å². The zero-order valence-electron chi connectivity index (χ0n) is 7.68. The van der Waals surface area contributed by atoms with Crippen LogP contribution in [0.5, 0.6) is 0 Å². The third kappa shape index (κ3) is 3.85. The number of likely N-dealkylation sites (N-methyl/N-ethyl adjacent to an activating group) is 1. The molecule has 0 amide bonds. The third-order valence-corrected chi connectivity index (χ3v) is 1.54. The summed E-state index contributed by atoms with van der Waals surface area (Å²) in [5, 5.41) is 9.51. The van der Waals surface area contributed by atoms with Crippen LogP contribution in [0.1, 0.15) is 20.8 Å². The van der Waals surface area contributed by atoms with Gasteiger partial charge in [0, 0.05) is 6.54 Å². The second-order valence-corrected chi connectivity index (χ2v) is 4.14. The van der Waals surface area contributed by atoms with Crippen molar-refractivity contribution in [3.05, 3.63) is 0 Å². The van der Waals surface area contributed by atoms with Gasteiger partial charge in [-0.05, 0) is 19.5 Å². The molecule has 2 nitrogen and oxygen atoms in total. The van der Waals surface area contributed by atoms with Crippen LogP contribution in [-0.2, 0) is 0 Å². The Bertz CT molecular complexity index is 93.9. The van der Waals surface area contributed by atoms with Gasteiger partial charge in [0.1, 0.15) is 0 Å². The molecule has 0 rings (SSSR count). The van der Waals surface area contributed by atoms with Crippen molar-refractivity contribution in [1.29, 1.82) is 0 Å². The van der Waals surface area contributed by atoms with E-state index >= 15 is 0 Å². The van der Waals surface area contributed by atoms with Gasteiger partial charge in [0.2, 0.25) is 0 Å². The standard InChI is InChI=1S/C8H19NO/c1-8(2,3)7(10)6-9(4)5/h7,10H,6H2,1-5H3/t7-/m0/s1. The molecular weight excluding hydrogens is 126 g/mol. The SMILES string of the molecule is CN(C)C[C@H](O)C(C)(C)C. The molecule has 0 radical (unpaired) electrons. The first-order valence-electron chi connectivity index (χ1n) is 3.67. The predicted molar refractivity (Wildman–Crippen MR) is 44.0 cm³/mol. The van der Waals surface area contributed by atoms with Crippen LogP contribution in [0.4, 0.5) is 0 Å². The van der Waals surface area contributed by atoms with Crippen molar-refractivity contribution in [3.8, 4) is 0 Å². The Morgan fingerprint density at radius 2 is 1.70 bits per heavy atom. The van der Waals surface area contributed by atoms with Crippen molar-refractivity contribution >= 4 is 0 Å². The van der Waals surface area contributed by atoms with Crippen molar-refractivity contribution in [2.45, 2.75) is 26.9 Å². The van der Waals surface area contributed by atoms with Gasteiger partial charge in [-0.25, -0.2) is 0 Å². The molecule has 0 aliphatic carbocycles. The molecule has 0 aromatic rings. The van der Waals surface area contributed by atoms with Crippen LogP contribution in [0, 0.1) is 5.41 Å². The minimum Gasteiger partial charge on any atom is -0.391 e. The molecule has 10 heavy (non-hydrogen) atoms. The molecule has 0 bridgehead atoms. The normalized spacial score (nSPS) is 15.9. The zero-order valence-corrected chi connectivity index (χ0v) is 7.68. The van der Waals surface area contributed by atoms with Gasteiger partial charge in [0.05, 0.1) is 6.10 Å². The van der Waals surface area contributed by atoms with E-state index in [1.807, 2.05) is 39.8 Å². The molecule has 62 valence electrons. The van der Waals surface area contributed by atoms with E-state index in [0.717, 1.165) is 6.54 Å². The minimum absolute atomic E-state index is 0.00424. The summed E-state index contributed by atoms with van der Waals surface area (Å²) in [6.07, 6.45) is -0.234. The Morgan fingerprint density at radius 1 is 1.30 bits per heavy atom. The summed E-state index contributed by atoms with van der Waals surface area (Å²) >= 11 is 0. The van der Waals surface area contributed by atoms with Crippen molar-refractivity contribution in [3.63, 3.8) is 0 Å². The largest absolute Gasteiger partial charge is 0.391 e. The molecule has 0 unspecified atom stereocenters. The highest BCUT2D eigenvalue weighted by Crippen LogP contribution is 2.18. The van der Waals surface area contributed by atoms with Gasteiger partial charge in [0.25, 0.3) is 0 Å². The first-order chi connectivity index (χ1) is 4.34. The summed E-state index contributed by atoms with van der Waals surface area (Å²) in [6.45, 7) is 6.87. The summed E-state index contributed by atoms with van der Waals surface area (Å²) in [7, 11) is 3.93. The van der Waals surface area contributed by atoms with Crippen molar-refractivity contribution in [2.75, 3.05) is 20.6 Å². The summed E-state index contributed by atoms with van der Waals surface area (Å²) in [4.78, 5) is 2.00. The third-order valence-electron chi connectivity index (χ3n) is 1.54. The van der Waals surface area contributed by atoms with E-state index in [0.29, 0.717) is 0 Å². The summed E-state index contributed by atoms with van der Waals surface area (Å²) in [6, 6.07) is 0. The van der Waals surface area contributed by atoms with Gasteiger partial charge >= 0.3 is 0 Å². The highest BCUT2D eigenvalue weighted by molar-refractivity contribution is 4.73. The fourth-order valence-corrected chi connectivity index (χ4v) is 0.620. The summed E-state index contributed by atoms with van der Waals surface area (Å²) < 4.78 is 0. The van der Waals surface area contributed by atoms with E-state index in [1.165, 1.54) is 0 Å². The lowest BCUT2D eigenvalue weighted by molar-refractivity contribution is 0.0408. The van der Waals surface area contributed by atoms with Gasteiger partial charge in [-0.1, -0.05) is 20.8 Å². The van der Waals surface area contributed by atoms with Gasteiger partial charge < -0.3 is 10.0 Å². The molecule has 0 saturated carbocycles. The molecule has 1 N–H and O–H groups in total. The first-order valence-corrected chi connectivity index (χ1v) is 3.67. The van der Waals surface area contributed by atoms with Crippen LogP contribution in [0.3, 0.4) is 0 Å². The number of rotatable bonds is 2. The second-order valence-electron chi connectivity index (χ2n) is 4.14. The fraction of sp³-hybridized carbons (Fsp3) is 1.00. The fourth-order valence-electron chi connectivity index (χ4n) is 0.620. The summed E-state index contributed by atoms with van der Waals surface area (Å²) in [5.41, 5.74) is 0.00424. The quantitative estimate of drug-likeness (QED) is 0.625. The number of hydrogen-bond donors (Lipinski definition) is 1. The zero-order chi connectivity index (χ0) is 8.36. The summed E-state index contributed by atoms with van der Waals surface area (Å²) in [5.74, 6) is 0. The Morgan fingerprint density at radius 3 is 1.80 bits per heavy atom. The molecule has 0 aliphatic rings. The lowest BCUT2D eigenvalue weighted by Crippen LogP contribution is -2.35. The second kappa shape index (κ2) is 3.35. The Kier molecular flexibility index (Phi) is 3.33. The van der Waals surface area contributed by atoms with E-state index in [-0.39, 0.29) is 11.5 Å². The van der Waals surface area contributed by atoms with Crippen molar-refractivity contribution in [2.24, 2.45) is 5.41 Å². The predicted octanol–water partition coefficient (Wildman–Crippen LogP) is 0.955. The lowest BCUT2D eigenvalue weighted by atomic mass is 9.89. The lowest BCUT2D eigenvalue weighted by Gasteiger charge is -2.28. The van der Waals surface area contributed by atoms with Crippen molar-refractivity contribution in [1.82, 2.24) is 4.90 Å². The number of aliphatic hydroxyl groups excluding tert-OH is 1. The number of nitrogens with zero attached hydrogens (tertiary/aromatic N) is 1. The minimum atomic E-state index is -0.234. The number of aliphatic hydroxyl groups is 1. The van der Waals surface area contributed by atoms with Crippen LogP contribution >= 0.6 is 0 Å². The molecule has 0 aromatic carbocycles.